The summed E-state index contributed by atoms with van der Waals surface area (Å²) < 4.78 is 11.4. The molecule has 1 N–H and O–H groups in total. The van der Waals surface area contributed by atoms with Crippen LogP contribution in [0.3, 0.4) is 0 Å². The lowest BCUT2D eigenvalue weighted by Crippen LogP contribution is -1.98. The molecular formula is C7H9FIN. The molecule has 0 saturated carbocycles. The standard InChI is InChI=1S/C7H8FN.HI/c8-9-6-7-4-2-1-3-5-7;/h1-5,9H,6H2;1H. The number of nitrogens with one attached hydrogen (secondary N) is 1. The second-order valence-corrected chi connectivity index (χ2v) is 1.80. The Bertz CT molecular complexity index is 167. The molecule has 0 radical (unpaired) electrons. The average molecular weight is 253 g/mol. The Morgan fingerprint density at radius 3 is 2.30 bits per heavy atom. The van der Waals surface area contributed by atoms with Gasteiger partial charge in [-0.05, 0) is 5.56 Å². The molecule has 0 amide bonds. The molecule has 0 spiro atoms. The van der Waals surface area contributed by atoms with Gasteiger partial charge in [-0.2, -0.15) is 5.54 Å². The monoisotopic (exact) mass is 253 g/mol. The van der Waals surface area contributed by atoms with Gasteiger partial charge in [0.05, 0.1) is 6.54 Å². The minimum atomic E-state index is 0. The predicted octanol–water partition coefficient (Wildman–Crippen LogP) is 2.28. The van der Waals surface area contributed by atoms with E-state index in [1.807, 2.05) is 30.3 Å². The number of hydrogen-bond donors (Lipinski definition) is 1. The van der Waals surface area contributed by atoms with Gasteiger partial charge in [-0.25, -0.2) is 0 Å². The first-order chi connectivity index (χ1) is 4.43. The van der Waals surface area contributed by atoms with Crippen molar-refractivity contribution in [2.24, 2.45) is 0 Å². The van der Waals surface area contributed by atoms with Crippen LogP contribution in [-0.2, 0) is 6.54 Å². The topological polar surface area (TPSA) is 12.0 Å². The molecule has 0 bridgehead atoms. The molecule has 0 unspecified atom stereocenters. The molecule has 0 aromatic heterocycles. The zero-order valence-corrected chi connectivity index (χ0v) is 7.71. The molecule has 1 nitrogen and oxygen atoms in total. The summed E-state index contributed by atoms with van der Waals surface area (Å²) >= 11 is 0. The van der Waals surface area contributed by atoms with Crippen LogP contribution in [0.5, 0.6) is 0 Å². The molecule has 1 aromatic carbocycles. The van der Waals surface area contributed by atoms with Crippen molar-refractivity contribution in [2.45, 2.75) is 6.54 Å². The molecule has 0 aliphatic rings. The van der Waals surface area contributed by atoms with Gasteiger partial charge in [0, 0.05) is 0 Å². The van der Waals surface area contributed by atoms with Gasteiger partial charge < -0.3 is 0 Å². The normalized spacial score (nSPS) is 8.50. The number of benzene rings is 1. The molecule has 0 saturated heterocycles. The van der Waals surface area contributed by atoms with E-state index in [2.05, 4.69) is 0 Å². The molecule has 10 heavy (non-hydrogen) atoms. The van der Waals surface area contributed by atoms with E-state index in [0.717, 1.165) is 5.56 Å². The maximum Gasteiger partial charge on any atom is 0.0510 e. The Kier molecular flexibility index (Phi) is 5.52. The Labute approximate surface area is 76.6 Å². The van der Waals surface area contributed by atoms with Gasteiger partial charge >= 0.3 is 0 Å². The van der Waals surface area contributed by atoms with Crippen LogP contribution in [0.15, 0.2) is 30.3 Å². The van der Waals surface area contributed by atoms with Crippen molar-refractivity contribution in [1.82, 2.24) is 5.54 Å². The van der Waals surface area contributed by atoms with Crippen molar-refractivity contribution in [3.63, 3.8) is 0 Å². The van der Waals surface area contributed by atoms with E-state index in [4.69, 9.17) is 0 Å². The third kappa shape index (κ3) is 3.12. The fourth-order valence-corrected chi connectivity index (χ4v) is 0.673. The van der Waals surface area contributed by atoms with Gasteiger partial charge in [0.25, 0.3) is 0 Å². The van der Waals surface area contributed by atoms with Crippen LogP contribution in [0.2, 0.25) is 0 Å². The van der Waals surface area contributed by atoms with Gasteiger partial charge in [-0.15, -0.1) is 28.5 Å². The fraction of sp³-hybridized carbons (Fsp3) is 0.143. The van der Waals surface area contributed by atoms with Gasteiger partial charge in [0.1, 0.15) is 0 Å². The zero-order chi connectivity index (χ0) is 6.53. The van der Waals surface area contributed by atoms with E-state index < -0.39 is 0 Å². The van der Waals surface area contributed by atoms with Crippen molar-refractivity contribution >= 4 is 24.0 Å². The van der Waals surface area contributed by atoms with E-state index in [1.165, 1.54) is 0 Å². The highest BCUT2D eigenvalue weighted by molar-refractivity contribution is 14.0. The lowest BCUT2D eigenvalue weighted by atomic mass is 10.2. The minimum Gasteiger partial charge on any atom is -0.155 e. The smallest absolute Gasteiger partial charge is 0.0510 e. The SMILES string of the molecule is FNCc1ccccc1.I. The lowest BCUT2D eigenvalue weighted by Gasteiger charge is -1.93. The summed E-state index contributed by atoms with van der Waals surface area (Å²) in [5, 5.41) is 0. The molecule has 1 aromatic rings. The highest BCUT2D eigenvalue weighted by Gasteiger charge is 1.85. The average Bonchev–Trinajstić information content (AvgIpc) is 1.91. The molecule has 1 rings (SSSR count). The molecule has 3 heteroatoms. The van der Waals surface area contributed by atoms with Crippen molar-refractivity contribution < 1.29 is 4.48 Å². The molecular weight excluding hydrogens is 244 g/mol. The van der Waals surface area contributed by atoms with Crippen LogP contribution in [0.4, 0.5) is 4.48 Å². The molecule has 0 fully saturated rings. The van der Waals surface area contributed by atoms with Gasteiger partial charge in [-0.3, -0.25) is 0 Å². The highest BCUT2D eigenvalue weighted by Crippen LogP contribution is 1.96. The van der Waals surface area contributed by atoms with E-state index in [-0.39, 0.29) is 24.0 Å². The summed E-state index contributed by atoms with van der Waals surface area (Å²) in [5.41, 5.74) is 2.54. The molecule has 0 heterocycles. The molecule has 0 atom stereocenters. The Balaban J connectivity index is 0.000000810. The predicted molar refractivity (Wildman–Crippen MR) is 49.8 cm³/mol. The third-order valence-corrected chi connectivity index (χ3v) is 1.11. The summed E-state index contributed by atoms with van der Waals surface area (Å²) in [6.45, 7) is 0.292. The van der Waals surface area contributed by atoms with Crippen LogP contribution in [0.25, 0.3) is 0 Å². The Morgan fingerprint density at radius 1 is 1.20 bits per heavy atom. The van der Waals surface area contributed by atoms with Crippen LogP contribution < -0.4 is 5.54 Å². The highest BCUT2D eigenvalue weighted by atomic mass is 127. The largest absolute Gasteiger partial charge is 0.155 e. The summed E-state index contributed by atoms with van der Waals surface area (Å²) in [7, 11) is 0. The number of rotatable bonds is 2. The zero-order valence-electron chi connectivity index (χ0n) is 5.38. The van der Waals surface area contributed by atoms with Crippen LogP contribution in [0, 0.1) is 0 Å². The van der Waals surface area contributed by atoms with Gasteiger partial charge in [0.2, 0.25) is 0 Å². The van der Waals surface area contributed by atoms with Crippen LogP contribution in [-0.4, -0.2) is 0 Å². The second kappa shape index (κ2) is 5.61. The van der Waals surface area contributed by atoms with Crippen molar-refractivity contribution in [1.29, 1.82) is 0 Å². The summed E-state index contributed by atoms with van der Waals surface area (Å²) in [6, 6.07) is 9.40. The number of halogens is 2. The van der Waals surface area contributed by atoms with Crippen LogP contribution >= 0.6 is 24.0 Å². The summed E-state index contributed by atoms with van der Waals surface area (Å²) in [4.78, 5) is 0. The maximum atomic E-state index is 11.4. The maximum absolute atomic E-state index is 11.4. The van der Waals surface area contributed by atoms with E-state index in [1.54, 1.807) is 5.54 Å². The van der Waals surface area contributed by atoms with E-state index >= 15 is 0 Å². The molecule has 0 aliphatic heterocycles. The van der Waals surface area contributed by atoms with Crippen molar-refractivity contribution in [3.05, 3.63) is 35.9 Å². The second-order valence-electron chi connectivity index (χ2n) is 1.80. The van der Waals surface area contributed by atoms with Gasteiger partial charge in [-0.1, -0.05) is 30.3 Å². The number of hydrogen-bond acceptors (Lipinski definition) is 1. The first-order valence-electron chi connectivity index (χ1n) is 2.81. The fourth-order valence-electron chi connectivity index (χ4n) is 0.673. The van der Waals surface area contributed by atoms with Crippen LogP contribution in [0.1, 0.15) is 5.56 Å². The third-order valence-electron chi connectivity index (χ3n) is 1.11. The Hall–Kier alpha value is -0.160. The summed E-state index contributed by atoms with van der Waals surface area (Å²) in [5.74, 6) is 0. The molecule has 56 valence electrons. The quantitative estimate of drug-likeness (QED) is 0.629. The first-order valence-corrected chi connectivity index (χ1v) is 2.81. The van der Waals surface area contributed by atoms with E-state index in [9.17, 15) is 4.48 Å². The molecule has 0 aliphatic carbocycles. The first kappa shape index (κ1) is 9.84. The van der Waals surface area contributed by atoms with Crippen molar-refractivity contribution in [3.8, 4) is 0 Å². The van der Waals surface area contributed by atoms with E-state index in [0.29, 0.717) is 6.54 Å². The van der Waals surface area contributed by atoms with Crippen molar-refractivity contribution in [2.75, 3.05) is 0 Å². The van der Waals surface area contributed by atoms with Gasteiger partial charge in [0.15, 0.2) is 0 Å². The minimum absolute atomic E-state index is 0. The lowest BCUT2D eigenvalue weighted by molar-refractivity contribution is 0.330. The summed E-state index contributed by atoms with van der Waals surface area (Å²) in [6.07, 6.45) is 0. The Morgan fingerprint density at radius 2 is 1.80 bits per heavy atom.